The molecule has 0 aliphatic heterocycles. The fraction of sp³-hybridized carbons (Fsp3) is 0.750. The smallest absolute Gasteiger partial charge is 0.147 e. The van der Waals surface area contributed by atoms with E-state index in [1.165, 1.54) is 0 Å². The standard InChI is InChI=1S/C12H24N4O2/c1-4-10-11(13)12(16(2)15-10)14-6-5-7-18-9-8-17-3/h14H,4-9,13H2,1-3H3. The van der Waals surface area contributed by atoms with Gasteiger partial charge in [0.15, 0.2) is 0 Å². The number of nitrogen functional groups attached to an aromatic ring is 1. The predicted octanol–water partition coefficient (Wildman–Crippen LogP) is 1.03. The highest BCUT2D eigenvalue weighted by molar-refractivity contribution is 5.64. The van der Waals surface area contributed by atoms with Gasteiger partial charge in [0.05, 0.1) is 24.6 Å². The van der Waals surface area contributed by atoms with Crippen molar-refractivity contribution in [2.24, 2.45) is 7.05 Å². The summed E-state index contributed by atoms with van der Waals surface area (Å²) in [5, 5.41) is 7.64. The van der Waals surface area contributed by atoms with Crippen LogP contribution in [0, 0.1) is 0 Å². The van der Waals surface area contributed by atoms with Gasteiger partial charge in [-0.15, -0.1) is 0 Å². The fourth-order valence-corrected chi connectivity index (χ4v) is 1.69. The van der Waals surface area contributed by atoms with Gasteiger partial charge in [0, 0.05) is 27.3 Å². The first-order chi connectivity index (χ1) is 8.70. The minimum Gasteiger partial charge on any atom is -0.394 e. The molecule has 0 saturated carbocycles. The Morgan fingerprint density at radius 3 is 2.72 bits per heavy atom. The summed E-state index contributed by atoms with van der Waals surface area (Å²) in [4.78, 5) is 0. The van der Waals surface area contributed by atoms with Crippen molar-refractivity contribution in [3.8, 4) is 0 Å². The van der Waals surface area contributed by atoms with Crippen LogP contribution in [0.4, 0.5) is 11.5 Å². The zero-order valence-electron chi connectivity index (χ0n) is 11.5. The topological polar surface area (TPSA) is 74.3 Å². The average molecular weight is 256 g/mol. The molecule has 0 unspecified atom stereocenters. The van der Waals surface area contributed by atoms with Crippen molar-refractivity contribution in [3.05, 3.63) is 5.69 Å². The zero-order chi connectivity index (χ0) is 13.4. The predicted molar refractivity (Wildman–Crippen MR) is 72.8 cm³/mol. The number of nitrogens with zero attached hydrogens (tertiary/aromatic N) is 2. The molecule has 6 heteroatoms. The molecule has 0 bridgehead atoms. The summed E-state index contributed by atoms with van der Waals surface area (Å²) in [5.41, 5.74) is 7.69. The van der Waals surface area contributed by atoms with Crippen molar-refractivity contribution in [3.63, 3.8) is 0 Å². The van der Waals surface area contributed by atoms with Crippen LogP contribution < -0.4 is 11.1 Å². The van der Waals surface area contributed by atoms with Gasteiger partial charge in [0.1, 0.15) is 5.82 Å². The lowest BCUT2D eigenvalue weighted by molar-refractivity contribution is 0.0705. The van der Waals surface area contributed by atoms with Crippen LogP contribution in [0.2, 0.25) is 0 Å². The maximum Gasteiger partial charge on any atom is 0.147 e. The number of hydrogen-bond donors (Lipinski definition) is 2. The molecule has 0 atom stereocenters. The average Bonchev–Trinajstić information content (AvgIpc) is 2.64. The van der Waals surface area contributed by atoms with Crippen LogP contribution in [-0.2, 0) is 22.9 Å². The van der Waals surface area contributed by atoms with Crippen LogP contribution in [-0.4, -0.2) is 43.3 Å². The lowest BCUT2D eigenvalue weighted by atomic mass is 10.3. The molecular weight excluding hydrogens is 232 g/mol. The number of anilines is 2. The highest BCUT2D eigenvalue weighted by atomic mass is 16.5. The van der Waals surface area contributed by atoms with Crippen molar-refractivity contribution in [2.45, 2.75) is 19.8 Å². The summed E-state index contributed by atoms with van der Waals surface area (Å²) in [6.07, 6.45) is 1.78. The molecule has 0 aliphatic rings. The van der Waals surface area contributed by atoms with Gasteiger partial charge < -0.3 is 20.5 Å². The molecule has 1 aromatic heterocycles. The molecule has 0 aliphatic carbocycles. The molecule has 0 fully saturated rings. The first kappa shape index (κ1) is 14.8. The Morgan fingerprint density at radius 2 is 2.11 bits per heavy atom. The SMILES string of the molecule is CCc1nn(C)c(NCCCOCCOC)c1N. The molecule has 0 radical (unpaired) electrons. The minimum absolute atomic E-state index is 0.641. The van der Waals surface area contributed by atoms with Crippen molar-refractivity contribution >= 4 is 11.5 Å². The van der Waals surface area contributed by atoms with E-state index in [1.807, 2.05) is 14.0 Å². The first-order valence-electron chi connectivity index (χ1n) is 6.32. The van der Waals surface area contributed by atoms with E-state index >= 15 is 0 Å². The van der Waals surface area contributed by atoms with E-state index in [1.54, 1.807) is 11.8 Å². The maximum absolute atomic E-state index is 6.00. The molecule has 1 heterocycles. The van der Waals surface area contributed by atoms with Crippen LogP contribution in [0.25, 0.3) is 0 Å². The van der Waals surface area contributed by atoms with Gasteiger partial charge in [0.2, 0.25) is 0 Å². The van der Waals surface area contributed by atoms with E-state index in [9.17, 15) is 0 Å². The number of hydrogen-bond acceptors (Lipinski definition) is 5. The van der Waals surface area contributed by atoms with E-state index in [4.69, 9.17) is 15.2 Å². The molecule has 0 saturated heterocycles. The van der Waals surface area contributed by atoms with Crippen LogP contribution in [0.15, 0.2) is 0 Å². The Hall–Kier alpha value is -1.27. The first-order valence-corrected chi connectivity index (χ1v) is 6.32. The molecule has 3 N–H and O–H groups in total. The third kappa shape index (κ3) is 4.19. The Labute approximate surface area is 108 Å². The van der Waals surface area contributed by atoms with Gasteiger partial charge in [-0.05, 0) is 12.8 Å². The van der Waals surface area contributed by atoms with Crippen LogP contribution >= 0.6 is 0 Å². The molecule has 0 spiro atoms. The number of nitrogens with one attached hydrogen (secondary N) is 1. The molecular formula is C12H24N4O2. The third-order valence-electron chi connectivity index (χ3n) is 2.68. The molecule has 18 heavy (non-hydrogen) atoms. The number of nitrogens with two attached hydrogens (primary N) is 1. The van der Waals surface area contributed by atoms with E-state index in [2.05, 4.69) is 10.4 Å². The largest absolute Gasteiger partial charge is 0.394 e. The van der Waals surface area contributed by atoms with Gasteiger partial charge in [-0.3, -0.25) is 4.68 Å². The second kappa shape index (κ2) is 7.94. The summed E-state index contributed by atoms with van der Waals surface area (Å²) < 4.78 is 12.1. The number of methoxy groups -OCH3 is 1. The number of rotatable bonds is 9. The van der Waals surface area contributed by atoms with Gasteiger partial charge in [-0.2, -0.15) is 5.10 Å². The number of aromatic nitrogens is 2. The normalized spacial score (nSPS) is 10.8. The van der Waals surface area contributed by atoms with Crippen molar-refractivity contribution in [1.82, 2.24) is 9.78 Å². The van der Waals surface area contributed by atoms with Gasteiger partial charge in [0.25, 0.3) is 0 Å². The van der Waals surface area contributed by atoms with Crippen LogP contribution in [0.5, 0.6) is 0 Å². The molecule has 0 amide bonds. The lowest BCUT2D eigenvalue weighted by Gasteiger charge is -2.08. The Kier molecular flexibility index (Phi) is 6.53. The van der Waals surface area contributed by atoms with Gasteiger partial charge in [-0.1, -0.05) is 6.92 Å². The fourth-order valence-electron chi connectivity index (χ4n) is 1.69. The summed E-state index contributed by atoms with van der Waals surface area (Å²) in [6.45, 7) is 4.87. The third-order valence-corrected chi connectivity index (χ3v) is 2.68. The van der Waals surface area contributed by atoms with E-state index in [0.717, 1.165) is 43.2 Å². The maximum atomic E-state index is 6.00. The second-order valence-electron chi connectivity index (χ2n) is 4.07. The molecule has 1 aromatic rings. The second-order valence-corrected chi connectivity index (χ2v) is 4.07. The molecule has 0 aromatic carbocycles. The number of aryl methyl sites for hydroxylation is 2. The Bertz CT molecular complexity index is 352. The van der Waals surface area contributed by atoms with Crippen molar-refractivity contribution in [1.29, 1.82) is 0 Å². The minimum atomic E-state index is 0.641. The van der Waals surface area contributed by atoms with E-state index < -0.39 is 0 Å². The van der Waals surface area contributed by atoms with E-state index in [-0.39, 0.29) is 0 Å². The molecule has 104 valence electrons. The molecule has 1 rings (SSSR count). The Balaban J connectivity index is 2.25. The van der Waals surface area contributed by atoms with Gasteiger partial charge in [-0.25, -0.2) is 0 Å². The zero-order valence-corrected chi connectivity index (χ0v) is 11.5. The number of ether oxygens (including phenoxy) is 2. The Morgan fingerprint density at radius 1 is 1.33 bits per heavy atom. The highest BCUT2D eigenvalue weighted by Crippen LogP contribution is 2.21. The molecule has 6 nitrogen and oxygen atoms in total. The van der Waals surface area contributed by atoms with Crippen molar-refractivity contribution in [2.75, 3.05) is 44.5 Å². The highest BCUT2D eigenvalue weighted by Gasteiger charge is 2.10. The quantitative estimate of drug-likeness (QED) is 0.645. The van der Waals surface area contributed by atoms with Gasteiger partial charge >= 0.3 is 0 Å². The van der Waals surface area contributed by atoms with E-state index in [0.29, 0.717) is 13.2 Å². The summed E-state index contributed by atoms with van der Waals surface area (Å²) >= 11 is 0. The lowest BCUT2D eigenvalue weighted by Crippen LogP contribution is -2.11. The monoisotopic (exact) mass is 256 g/mol. The van der Waals surface area contributed by atoms with Crippen molar-refractivity contribution < 1.29 is 9.47 Å². The summed E-state index contributed by atoms with van der Waals surface area (Å²) in [6, 6.07) is 0. The van der Waals surface area contributed by atoms with Crippen LogP contribution in [0.3, 0.4) is 0 Å². The van der Waals surface area contributed by atoms with Crippen LogP contribution in [0.1, 0.15) is 19.0 Å². The summed E-state index contributed by atoms with van der Waals surface area (Å²) in [5.74, 6) is 0.892. The summed E-state index contributed by atoms with van der Waals surface area (Å²) in [7, 11) is 3.56.